The van der Waals surface area contributed by atoms with E-state index in [-0.39, 0.29) is 17.6 Å². The summed E-state index contributed by atoms with van der Waals surface area (Å²) in [6.07, 6.45) is 4.25. The average Bonchev–Trinajstić information content (AvgIpc) is 3.45. The normalized spacial score (nSPS) is 14.7. The van der Waals surface area contributed by atoms with Crippen LogP contribution in [-0.2, 0) is 9.59 Å². The smallest absolute Gasteiger partial charge is 0.273 e. The highest BCUT2D eigenvalue weighted by Crippen LogP contribution is 2.31. The molecule has 0 aromatic heterocycles. The lowest BCUT2D eigenvalue weighted by atomic mass is 10.1. The van der Waals surface area contributed by atoms with E-state index in [0.29, 0.717) is 35.8 Å². The van der Waals surface area contributed by atoms with Gasteiger partial charge in [-0.25, -0.2) is 0 Å². The van der Waals surface area contributed by atoms with Crippen LogP contribution in [-0.4, -0.2) is 29.9 Å². The zero-order valence-electron chi connectivity index (χ0n) is 16.4. The van der Waals surface area contributed by atoms with Gasteiger partial charge in [0.15, 0.2) is 0 Å². The number of carbonyl (C=O) groups is 3. The lowest BCUT2D eigenvalue weighted by molar-refractivity contribution is -0.117. The number of nitrogens with one attached hydrogen (secondary N) is 2. The van der Waals surface area contributed by atoms with Gasteiger partial charge in [0.05, 0.1) is 0 Å². The fourth-order valence-electron chi connectivity index (χ4n) is 2.57. The molecule has 1 saturated carbocycles. The summed E-state index contributed by atoms with van der Waals surface area (Å²) in [4.78, 5) is 40.2. The maximum absolute atomic E-state index is 12.6. The van der Waals surface area contributed by atoms with Gasteiger partial charge in [0.1, 0.15) is 11.5 Å². The maximum atomic E-state index is 12.6. The minimum absolute atomic E-state index is 0.0214. The van der Waals surface area contributed by atoms with Crippen LogP contribution in [0, 0.1) is 12.8 Å². The Kier molecular flexibility index (Phi) is 7.05. The molecule has 1 aromatic rings. The number of amides is 2. The van der Waals surface area contributed by atoms with Crippen LogP contribution in [0.3, 0.4) is 0 Å². The molecule has 6 nitrogen and oxygen atoms in total. The molecule has 1 fully saturated rings. The van der Waals surface area contributed by atoms with E-state index in [4.69, 9.17) is 0 Å². The van der Waals surface area contributed by atoms with Gasteiger partial charge in [0.25, 0.3) is 11.8 Å². The molecular weight excluding hydrogens is 342 g/mol. The molecule has 0 spiro atoms. The van der Waals surface area contributed by atoms with Crippen molar-refractivity contribution in [3.05, 3.63) is 41.1 Å². The van der Waals surface area contributed by atoms with E-state index >= 15 is 0 Å². The molecule has 0 saturated heterocycles. The summed E-state index contributed by atoms with van der Waals surface area (Å²) < 4.78 is 0. The van der Waals surface area contributed by atoms with E-state index < -0.39 is 0 Å². The molecule has 6 heteroatoms. The van der Waals surface area contributed by atoms with E-state index in [1.54, 1.807) is 31.2 Å². The number of allylic oxidation sites excluding steroid dienone is 1. The Morgan fingerprint density at radius 1 is 1.22 bits per heavy atom. The fourth-order valence-corrected chi connectivity index (χ4v) is 2.57. The van der Waals surface area contributed by atoms with Crippen LogP contribution >= 0.6 is 0 Å². The Labute approximate surface area is 160 Å². The molecule has 144 valence electrons. The second kappa shape index (κ2) is 9.26. The highest BCUT2D eigenvalue weighted by Gasteiger charge is 2.25. The summed E-state index contributed by atoms with van der Waals surface area (Å²) in [5, 5.41) is 5.55. The molecule has 1 aliphatic rings. The van der Waals surface area contributed by atoms with Gasteiger partial charge in [0, 0.05) is 29.9 Å². The van der Waals surface area contributed by atoms with Gasteiger partial charge in [-0.05, 0) is 64.2 Å². The van der Waals surface area contributed by atoms with Crippen molar-refractivity contribution in [3.8, 4) is 0 Å². The average molecular weight is 369 g/mol. The molecule has 0 radical (unpaired) electrons. The summed E-state index contributed by atoms with van der Waals surface area (Å²) in [7, 11) is 0. The van der Waals surface area contributed by atoms with Crippen LogP contribution in [0.15, 0.2) is 35.0 Å². The number of carbonyl (C=O) groups excluding carboxylic acids is 3. The number of aryl methyl sites for hydroxylation is 1. The number of hydrogen-bond donors (Lipinski definition) is 2. The fraction of sp³-hybridized carbons (Fsp3) is 0.429. The highest BCUT2D eigenvalue weighted by molar-refractivity contribution is 6.06. The Morgan fingerprint density at radius 3 is 2.52 bits per heavy atom. The largest absolute Gasteiger partial charge is 0.352 e. The summed E-state index contributed by atoms with van der Waals surface area (Å²) in [5.74, 6) is -0.0556. The minimum atomic E-state index is -0.297. The monoisotopic (exact) mass is 369 g/mol. The van der Waals surface area contributed by atoms with Crippen molar-refractivity contribution in [2.45, 2.75) is 47.0 Å². The van der Waals surface area contributed by atoms with Crippen molar-refractivity contribution in [1.29, 1.82) is 0 Å². The van der Waals surface area contributed by atoms with Crippen LogP contribution in [0.5, 0.6) is 0 Å². The first-order valence-corrected chi connectivity index (χ1v) is 9.23. The second-order valence-electron chi connectivity index (χ2n) is 6.89. The Hall–Kier alpha value is -2.76. The number of ketones is 1. The molecule has 1 aliphatic carbocycles. The summed E-state index contributed by atoms with van der Waals surface area (Å²) in [5.41, 5.74) is 3.20. The molecule has 0 aliphatic heterocycles. The molecule has 0 unspecified atom stereocenters. The van der Waals surface area contributed by atoms with E-state index in [0.717, 1.165) is 24.1 Å². The van der Waals surface area contributed by atoms with Crippen molar-refractivity contribution in [3.63, 3.8) is 0 Å². The van der Waals surface area contributed by atoms with Crippen molar-refractivity contribution in [1.82, 2.24) is 5.32 Å². The molecule has 1 aromatic carbocycles. The van der Waals surface area contributed by atoms with Crippen LogP contribution in [0.2, 0.25) is 0 Å². The first-order valence-electron chi connectivity index (χ1n) is 9.23. The third-order valence-corrected chi connectivity index (χ3v) is 4.48. The number of Topliss-reactive ketones (excluding diaryl/α,β-unsaturated/α-hetero) is 1. The van der Waals surface area contributed by atoms with Crippen LogP contribution in [0.25, 0.3) is 0 Å². The third kappa shape index (κ3) is 6.16. The van der Waals surface area contributed by atoms with Crippen LogP contribution in [0.4, 0.5) is 5.69 Å². The van der Waals surface area contributed by atoms with Crippen LogP contribution in [0.1, 0.15) is 56.0 Å². The summed E-state index contributed by atoms with van der Waals surface area (Å²) in [6, 6.07) is 5.12. The molecule has 0 bridgehead atoms. The van der Waals surface area contributed by atoms with Gasteiger partial charge >= 0.3 is 0 Å². The number of aliphatic imine (C=N–C) groups is 1. The van der Waals surface area contributed by atoms with Crippen molar-refractivity contribution in [2.75, 3.05) is 11.9 Å². The van der Waals surface area contributed by atoms with Gasteiger partial charge in [-0.3, -0.25) is 19.4 Å². The first kappa shape index (κ1) is 20.6. The number of rotatable bonds is 8. The highest BCUT2D eigenvalue weighted by atomic mass is 16.2. The predicted molar refractivity (Wildman–Crippen MR) is 107 cm³/mol. The van der Waals surface area contributed by atoms with E-state index in [1.807, 2.05) is 13.8 Å². The zero-order valence-corrected chi connectivity index (χ0v) is 16.4. The molecule has 2 amide bonds. The predicted octanol–water partition coefficient (Wildman–Crippen LogP) is 3.42. The van der Waals surface area contributed by atoms with Crippen molar-refractivity contribution in [2.24, 2.45) is 10.9 Å². The Balaban J connectivity index is 2.08. The van der Waals surface area contributed by atoms with Gasteiger partial charge < -0.3 is 10.6 Å². The quantitative estimate of drug-likeness (QED) is 0.544. The number of hydrogen-bond acceptors (Lipinski definition) is 4. The summed E-state index contributed by atoms with van der Waals surface area (Å²) >= 11 is 0. The number of anilines is 1. The molecule has 0 heterocycles. The van der Waals surface area contributed by atoms with E-state index in [1.165, 1.54) is 6.92 Å². The van der Waals surface area contributed by atoms with Crippen molar-refractivity contribution < 1.29 is 14.4 Å². The van der Waals surface area contributed by atoms with Crippen molar-refractivity contribution >= 4 is 29.0 Å². The Bertz CT molecular complexity index is 805. The minimum Gasteiger partial charge on any atom is -0.352 e. The molecular formula is C21H27N3O3. The summed E-state index contributed by atoms with van der Waals surface area (Å²) in [6.45, 7) is 7.37. The lowest BCUT2D eigenvalue weighted by Gasteiger charge is -2.11. The standard InChI is InChI=1S/C21H27N3O3/c1-5-18(23-15(4)16-8-9-16)21(27)24-19-12-17(7-6-13(19)2)20(26)22-11-10-14(3)25/h5-7,12,16H,8-11H2,1-4H3,(H,22,26)(H,24,27)/b18-5-,23-15?. The zero-order chi connectivity index (χ0) is 20.0. The molecule has 27 heavy (non-hydrogen) atoms. The first-order chi connectivity index (χ1) is 12.8. The van der Waals surface area contributed by atoms with Gasteiger partial charge in [0.2, 0.25) is 0 Å². The van der Waals surface area contributed by atoms with Gasteiger partial charge in [-0.2, -0.15) is 0 Å². The van der Waals surface area contributed by atoms with Crippen LogP contribution < -0.4 is 10.6 Å². The van der Waals surface area contributed by atoms with Gasteiger partial charge in [-0.1, -0.05) is 12.1 Å². The molecule has 0 atom stereocenters. The maximum Gasteiger partial charge on any atom is 0.273 e. The van der Waals surface area contributed by atoms with E-state index in [9.17, 15) is 14.4 Å². The number of benzene rings is 1. The Morgan fingerprint density at radius 2 is 1.93 bits per heavy atom. The SMILES string of the molecule is C/C=C(\N=C(C)C1CC1)C(=O)Nc1cc(C(=O)NCCC(C)=O)ccc1C. The second-order valence-corrected chi connectivity index (χ2v) is 6.89. The van der Waals surface area contributed by atoms with Gasteiger partial charge in [-0.15, -0.1) is 0 Å². The third-order valence-electron chi connectivity index (χ3n) is 4.48. The van der Waals surface area contributed by atoms with E-state index in [2.05, 4.69) is 15.6 Å². The molecule has 2 rings (SSSR count). The lowest BCUT2D eigenvalue weighted by Crippen LogP contribution is -2.26. The molecule has 2 N–H and O–H groups in total. The topological polar surface area (TPSA) is 87.6 Å². The number of nitrogens with zero attached hydrogens (tertiary/aromatic N) is 1.